The van der Waals surface area contributed by atoms with Gasteiger partial charge >= 0.3 is 0 Å². The Bertz CT molecular complexity index is 373. The molecule has 0 aromatic carbocycles. The molecule has 90 valence electrons. The van der Waals surface area contributed by atoms with E-state index < -0.39 is 5.91 Å². The van der Waals surface area contributed by atoms with Crippen molar-refractivity contribution in [2.75, 3.05) is 11.1 Å². The zero-order valence-electron chi connectivity index (χ0n) is 9.91. The molecule has 1 aromatic rings. The summed E-state index contributed by atoms with van der Waals surface area (Å²) < 4.78 is 0. The highest BCUT2D eigenvalue weighted by molar-refractivity contribution is 7.18. The van der Waals surface area contributed by atoms with Gasteiger partial charge in [0.25, 0.3) is 5.91 Å². The molecule has 0 fully saturated rings. The van der Waals surface area contributed by atoms with Crippen molar-refractivity contribution in [1.82, 2.24) is 0 Å². The molecule has 0 aliphatic heterocycles. The van der Waals surface area contributed by atoms with Crippen molar-refractivity contribution in [3.05, 3.63) is 10.9 Å². The van der Waals surface area contributed by atoms with Crippen molar-refractivity contribution in [3.63, 3.8) is 0 Å². The maximum atomic E-state index is 11.0. The van der Waals surface area contributed by atoms with Crippen molar-refractivity contribution in [1.29, 1.82) is 0 Å². The van der Waals surface area contributed by atoms with Crippen molar-refractivity contribution in [2.45, 2.75) is 33.2 Å². The van der Waals surface area contributed by atoms with E-state index in [1.807, 2.05) is 0 Å². The van der Waals surface area contributed by atoms with Crippen LogP contribution in [0.2, 0.25) is 0 Å². The fourth-order valence-corrected chi connectivity index (χ4v) is 2.49. The van der Waals surface area contributed by atoms with E-state index >= 15 is 0 Å². The Morgan fingerprint density at radius 1 is 1.56 bits per heavy atom. The maximum Gasteiger partial charge on any atom is 0.260 e. The van der Waals surface area contributed by atoms with Gasteiger partial charge in [-0.3, -0.25) is 4.79 Å². The molecule has 1 aromatic heterocycles. The van der Waals surface area contributed by atoms with Crippen LogP contribution in [0.15, 0.2) is 6.07 Å². The van der Waals surface area contributed by atoms with E-state index in [2.05, 4.69) is 26.1 Å². The summed E-state index contributed by atoms with van der Waals surface area (Å²) in [5.74, 6) is 0.0681. The molecule has 0 saturated heterocycles. The van der Waals surface area contributed by atoms with Crippen LogP contribution in [0.5, 0.6) is 0 Å². The lowest BCUT2D eigenvalue weighted by Gasteiger charge is -2.20. The van der Waals surface area contributed by atoms with Gasteiger partial charge in [0, 0.05) is 6.04 Å². The number of rotatable bonds is 5. The predicted molar refractivity (Wildman–Crippen MR) is 69.8 cm³/mol. The van der Waals surface area contributed by atoms with Crippen molar-refractivity contribution >= 4 is 27.9 Å². The van der Waals surface area contributed by atoms with E-state index in [1.54, 1.807) is 6.07 Å². The Morgan fingerprint density at radius 3 is 2.56 bits per heavy atom. The molecule has 1 heterocycles. The molecular formula is C11H19N3OS. The smallest absolute Gasteiger partial charge is 0.260 e. The molecule has 5 N–H and O–H groups in total. The fourth-order valence-electron chi connectivity index (χ4n) is 1.59. The fraction of sp³-hybridized carbons (Fsp3) is 0.545. The number of hydrogen-bond acceptors (Lipinski definition) is 4. The second kappa shape index (κ2) is 5.21. The molecule has 0 saturated carbocycles. The summed E-state index contributed by atoms with van der Waals surface area (Å²) in [5, 5.41) is 4.28. The quantitative estimate of drug-likeness (QED) is 0.739. The van der Waals surface area contributed by atoms with Gasteiger partial charge in [0.05, 0.1) is 10.7 Å². The van der Waals surface area contributed by atoms with Gasteiger partial charge in [-0.1, -0.05) is 20.8 Å². The van der Waals surface area contributed by atoms with Gasteiger partial charge in [-0.2, -0.15) is 0 Å². The third-order valence-electron chi connectivity index (χ3n) is 2.56. The number of hydrogen-bond donors (Lipinski definition) is 3. The molecule has 4 nitrogen and oxygen atoms in total. The topological polar surface area (TPSA) is 81.1 Å². The van der Waals surface area contributed by atoms with Gasteiger partial charge in [0.1, 0.15) is 4.88 Å². The predicted octanol–water partition coefficient (Wildman–Crippen LogP) is 2.28. The second-order valence-electron chi connectivity index (χ2n) is 4.16. The lowest BCUT2D eigenvalue weighted by molar-refractivity contribution is 0.100. The Kier molecular flexibility index (Phi) is 4.18. The molecule has 0 aliphatic carbocycles. The zero-order valence-corrected chi connectivity index (χ0v) is 10.7. The summed E-state index contributed by atoms with van der Waals surface area (Å²) in [6.07, 6.45) is 1.03. The van der Waals surface area contributed by atoms with Crippen LogP contribution in [-0.4, -0.2) is 11.9 Å². The summed E-state index contributed by atoms with van der Waals surface area (Å²) in [4.78, 5) is 11.5. The largest absolute Gasteiger partial charge is 0.397 e. The van der Waals surface area contributed by atoms with Crippen molar-refractivity contribution in [3.8, 4) is 0 Å². The minimum absolute atomic E-state index is 0.388. The summed E-state index contributed by atoms with van der Waals surface area (Å²) in [5.41, 5.74) is 11.4. The van der Waals surface area contributed by atoms with Crippen molar-refractivity contribution < 1.29 is 4.79 Å². The van der Waals surface area contributed by atoms with Crippen LogP contribution in [0.25, 0.3) is 0 Å². The van der Waals surface area contributed by atoms with Crippen LogP contribution in [0.3, 0.4) is 0 Å². The number of thiophene rings is 1. The summed E-state index contributed by atoms with van der Waals surface area (Å²) in [6, 6.07) is 2.16. The van der Waals surface area contributed by atoms with Crippen LogP contribution in [0.1, 0.15) is 36.9 Å². The van der Waals surface area contributed by atoms with Gasteiger partial charge in [-0.25, -0.2) is 0 Å². The Labute approximate surface area is 100 Å². The SMILES string of the molecule is CCC(Nc1cc(N)c(C(N)=O)s1)C(C)C. The molecule has 0 spiro atoms. The third-order valence-corrected chi connectivity index (χ3v) is 3.65. The number of anilines is 2. The molecule has 16 heavy (non-hydrogen) atoms. The molecule has 0 bridgehead atoms. The Balaban J connectivity index is 2.82. The molecule has 1 unspecified atom stereocenters. The molecule has 0 radical (unpaired) electrons. The molecule has 0 aliphatic rings. The number of amides is 1. The first-order chi connectivity index (χ1) is 7.45. The molecule has 5 heteroatoms. The highest BCUT2D eigenvalue weighted by Gasteiger charge is 2.15. The minimum atomic E-state index is -0.465. The standard InChI is InChI=1S/C11H19N3OS/c1-4-8(6(2)3)14-9-5-7(12)10(16-9)11(13)15/h5-6,8,14H,4,12H2,1-3H3,(H2,13,15). The van der Waals surface area contributed by atoms with Crippen LogP contribution in [0, 0.1) is 5.92 Å². The summed E-state index contributed by atoms with van der Waals surface area (Å²) in [7, 11) is 0. The normalized spacial score (nSPS) is 12.8. The molecular weight excluding hydrogens is 222 g/mol. The minimum Gasteiger partial charge on any atom is -0.397 e. The number of nitrogen functional groups attached to an aromatic ring is 1. The van der Waals surface area contributed by atoms with Crippen LogP contribution in [0.4, 0.5) is 10.7 Å². The number of nitrogens with two attached hydrogens (primary N) is 2. The number of carbonyl (C=O) groups excluding carboxylic acids is 1. The van der Waals surface area contributed by atoms with E-state index in [4.69, 9.17) is 11.5 Å². The first-order valence-corrected chi connectivity index (χ1v) is 6.23. The summed E-state index contributed by atoms with van der Waals surface area (Å²) in [6.45, 7) is 6.45. The van der Waals surface area contributed by atoms with Gasteiger partial charge < -0.3 is 16.8 Å². The second-order valence-corrected chi connectivity index (χ2v) is 5.21. The highest BCUT2D eigenvalue weighted by atomic mass is 32.1. The average molecular weight is 241 g/mol. The molecule has 1 rings (SSSR count). The van der Waals surface area contributed by atoms with Gasteiger partial charge in [-0.15, -0.1) is 11.3 Å². The molecule has 1 atom stereocenters. The van der Waals surface area contributed by atoms with Gasteiger partial charge in [0.2, 0.25) is 0 Å². The van der Waals surface area contributed by atoms with E-state index in [1.165, 1.54) is 11.3 Å². The van der Waals surface area contributed by atoms with E-state index in [0.29, 0.717) is 22.5 Å². The Hall–Kier alpha value is -1.23. The number of nitrogens with one attached hydrogen (secondary N) is 1. The average Bonchev–Trinajstić information content (AvgIpc) is 2.55. The first-order valence-electron chi connectivity index (χ1n) is 5.41. The van der Waals surface area contributed by atoms with Crippen LogP contribution < -0.4 is 16.8 Å². The number of carbonyl (C=O) groups is 1. The van der Waals surface area contributed by atoms with Crippen LogP contribution in [-0.2, 0) is 0 Å². The van der Waals surface area contributed by atoms with Gasteiger partial charge in [0.15, 0.2) is 0 Å². The first kappa shape index (κ1) is 12.8. The van der Waals surface area contributed by atoms with E-state index in [0.717, 1.165) is 11.4 Å². The third kappa shape index (κ3) is 2.88. The van der Waals surface area contributed by atoms with E-state index in [-0.39, 0.29) is 0 Å². The monoisotopic (exact) mass is 241 g/mol. The number of primary amides is 1. The maximum absolute atomic E-state index is 11.0. The molecule has 1 amide bonds. The van der Waals surface area contributed by atoms with Crippen molar-refractivity contribution in [2.24, 2.45) is 11.7 Å². The highest BCUT2D eigenvalue weighted by Crippen LogP contribution is 2.30. The van der Waals surface area contributed by atoms with Crippen LogP contribution >= 0.6 is 11.3 Å². The lowest BCUT2D eigenvalue weighted by atomic mass is 10.0. The lowest BCUT2D eigenvalue weighted by Crippen LogP contribution is -2.23. The van der Waals surface area contributed by atoms with E-state index in [9.17, 15) is 4.79 Å². The van der Waals surface area contributed by atoms with Gasteiger partial charge in [-0.05, 0) is 18.4 Å². The Morgan fingerprint density at radius 2 is 2.19 bits per heavy atom. The summed E-state index contributed by atoms with van der Waals surface area (Å²) >= 11 is 1.32. The zero-order chi connectivity index (χ0) is 12.3.